The number of carbonyl (C=O) groups is 2. The van der Waals surface area contributed by atoms with Crippen LogP contribution in [0.3, 0.4) is 0 Å². The summed E-state index contributed by atoms with van der Waals surface area (Å²) < 4.78 is 4.62. The van der Waals surface area contributed by atoms with Crippen molar-refractivity contribution in [3.63, 3.8) is 0 Å². The molecule has 0 aliphatic rings. The normalized spacial score (nSPS) is 12.4. The number of hydrogen-bond acceptors (Lipinski definition) is 6. The molecule has 0 aromatic heterocycles. The zero-order chi connectivity index (χ0) is 14.0. The topological polar surface area (TPSA) is 109 Å². The molecule has 0 fully saturated rings. The van der Waals surface area contributed by atoms with Crippen LogP contribution in [-0.2, 0) is 14.3 Å². The zero-order valence-corrected chi connectivity index (χ0v) is 11.1. The smallest absolute Gasteiger partial charge is 0.293 e. The Bertz CT molecular complexity index is 354. The standard InChI is InChI=1S/C10H16N4O3S/c1-8(16)9(17-7-15)5-18-4-3-13-10(12)14(2)6-11/h7,9H,3-5H2,1-2H3,(H2,12,13). The van der Waals surface area contributed by atoms with Crippen molar-refractivity contribution in [2.45, 2.75) is 13.0 Å². The maximum absolute atomic E-state index is 11.0. The summed E-state index contributed by atoms with van der Waals surface area (Å²) in [4.78, 5) is 26.3. The fourth-order valence-electron chi connectivity index (χ4n) is 0.892. The van der Waals surface area contributed by atoms with Crippen molar-refractivity contribution in [2.24, 2.45) is 10.7 Å². The summed E-state index contributed by atoms with van der Waals surface area (Å²) in [7, 11) is 1.51. The third-order valence-electron chi connectivity index (χ3n) is 1.95. The Morgan fingerprint density at radius 1 is 1.72 bits per heavy atom. The average Bonchev–Trinajstić information content (AvgIpc) is 2.35. The quantitative estimate of drug-likeness (QED) is 0.159. The molecule has 8 heteroatoms. The highest BCUT2D eigenvalue weighted by molar-refractivity contribution is 7.99. The van der Waals surface area contributed by atoms with Gasteiger partial charge in [-0.25, -0.2) is 0 Å². The fourth-order valence-corrected chi connectivity index (χ4v) is 1.81. The second kappa shape index (κ2) is 9.30. The van der Waals surface area contributed by atoms with Crippen LogP contribution in [0.4, 0.5) is 0 Å². The summed E-state index contributed by atoms with van der Waals surface area (Å²) in [5.41, 5.74) is 5.48. The summed E-state index contributed by atoms with van der Waals surface area (Å²) in [5, 5.41) is 8.52. The molecule has 0 saturated carbocycles. The van der Waals surface area contributed by atoms with E-state index in [1.54, 1.807) is 0 Å². The van der Waals surface area contributed by atoms with Crippen LogP contribution in [0.1, 0.15) is 6.92 Å². The third-order valence-corrected chi connectivity index (χ3v) is 2.96. The van der Waals surface area contributed by atoms with Crippen LogP contribution in [0, 0.1) is 11.5 Å². The van der Waals surface area contributed by atoms with Crippen molar-refractivity contribution in [2.75, 3.05) is 25.1 Å². The van der Waals surface area contributed by atoms with Crippen LogP contribution in [0.25, 0.3) is 0 Å². The van der Waals surface area contributed by atoms with Crippen molar-refractivity contribution in [1.82, 2.24) is 4.90 Å². The number of nitrogens with two attached hydrogens (primary N) is 1. The van der Waals surface area contributed by atoms with Crippen LogP contribution in [0.5, 0.6) is 0 Å². The number of ether oxygens (including phenoxy) is 1. The van der Waals surface area contributed by atoms with E-state index in [1.165, 1.54) is 25.7 Å². The van der Waals surface area contributed by atoms with Crippen molar-refractivity contribution in [1.29, 1.82) is 5.26 Å². The second-order valence-corrected chi connectivity index (χ2v) is 4.46. The van der Waals surface area contributed by atoms with Gasteiger partial charge in [0.2, 0.25) is 5.96 Å². The van der Waals surface area contributed by atoms with E-state index in [9.17, 15) is 9.59 Å². The number of rotatable bonds is 8. The minimum Gasteiger partial charge on any atom is -0.456 e. The molecule has 0 aromatic rings. The highest BCUT2D eigenvalue weighted by atomic mass is 32.2. The lowest BCUT2D eigenvalue weighted by atomic mass is 10.3. The first-order valence-electron chi connectivity index (χ1n) is 5.13. The van der Waals surface area contributed by atoms with Gasteiger partial charge in [0.05, 0.1) is 6.54 Å². The first kappa shape index (κ1) is 16.2. The molecule has 7 nitrogen and oxygen atoms in total. The van der Waals surface area contributed by atoms with E-state index in [2.05, 4.69) is 9.73 Å². The molecule has 0 aromatic carbocycles. The van der Waals surface area contributed by atoms with Gasteiger partial charge in [0.1, 0.15) is 0 Å². The van der Waals surface area contributed by atoms with Gasteiger partial charge in [-0.1, -0.05) is 0 Å². The molecule has 100 valence electrons. The van der Waals surface area contributed by atoms with Crippen molar-refractivity contribution in [3.8, 4) is 6.19 Å². The van der Waals surface area contributed by atoms with Crippen LogP contribution in [-0.4, -0.2) is 54.3 Å². The second-order valence-electron chi connectivity index (χ2n) is 3.31. The number of hydrogen-bond donors (Lipinski definition) is 1. The van der Waals surface area contributed by atoms with E-state index < -0.39 is 6.10 Å². The number of thioether (sulfide) groups is 1. The summed E-state index contributed by atoms with van der Waals surface area (Å²) in [6, 6.07) is 0. The van der Waals surface area contributed by atoms with Gasteiger partial charge in [-0.05, 0) is 6.92 Å². The van der Waals surface area contributed by atoms with E-state index in [0.29, 0.717) is 18.1 Å². The molecule has 0 heterocycles. The van der Waals surface area contributed by atoms with Gasteiger partial charge >= 0.3 is 0 Å². The highest BCUT2D eigenvalue weighted by Crippen LogP contribution is 2.06. The Labute approximate surface area is 110 Å². The molecule has 2 N–H and O–H groups in total. The van der Waals surface area contributed by atoms with Gasteiger partial charge in [-0.2, -0.15) is 17.0 Å². The van der Waals surface area contributed by atoms with Gasteiger partial charge in [0.25, 0.3) is 6.47 Å². The summed E-state index contributed by atoms with van der Waals surface area (Å²) >= 11 is 1.42. The van der Waals surface area contributed by atoms with Crippen LogP contribution < -0.4 is 5.73 Å². The molecule has 0 radical (unpaired) electrons. The van der Waals surface area contributed by atoms with Crippen molar-refractivity contribution < 1.29 is 14.3 Å². The number of guanidine groups is 1. The Morgan fingerprint density at radius 2 is 2.39 bits per heavy atom. The molecule has 0 aliphatic carbocycles. The molecule has 0 saturated heterocycles. The van der Waals surface area contributed by atoms with Crippen LogP contribution in [0.15, 0.2) is 4.99 Å². The molecular weight excluding hydrogens is 256 g/mol. The lowest BCUT2D eigenvalue weighted by Crippen LogP contribution is -2.30. The Balaban J connectivity index is 3.89. The lowest BCUT2D eigenvalue weighted by Gasteiger charge is -2.10. The number of carbonyl (C=O) groups excluding carboxylic acids is 2. The van der Waals surface area contributed by atoms with E-state index in [0.717, 1.165) is 4.90 Å². The van der Waals surface area contributed by atoms with Gasteiger partial charge < -0.3 is 10.5 Å². The molecule has 1 atom stereocenters. The Hall–Kier alpha value is -1.75. The van der Waals surface area contributed by atoms with E-state index >= 15 is 0 Å². The Kier molecular flexibility index (Phi) is 8.39. The van der Waals surface area contributed by atoms with E-state index in [4.69, 9.17) is 11.0 Å². The average molecular weight is 272 g/mol. The van der Waals surface area contributed by atoms with E-state index in [1.807, 2.05) is 6.19 Å². The maximum Gasteiger partial charge on any atom is 0.293 e. The maximum atomic E-state index is 11.0. The molecule has 0 rings (SSSR count). The van der Waals surface area contributed by atoms with Gasteiger partial charge in [0, 0.05) is 18.6 Å². The highest BCUT2D eigenvalue weighted by Gasteiger charge is 2.14. The fraction of sp³-hybridized carbons (Fsp3) is 0.600. The summed E-state index contributed by atoms with van der Waals surface area (Å²) in [6.07, 6.45) is 1.11. The molecule has 0 bridgehead atoms. The number of Topliss-reactive ketones (excluding diaryl/α,β-unsaturated/α-hetero) is 1. The van der Waals surface area contributed by atoms with Crippen molar-refractivity contribution in [3.05, 3.63) is 0 Å². The first-order valence-corrected chi connectivity index (χ1v) is 6.29. The third kappa shape index (κ3) is 6.75. The first-order chi connectivity index (χ1) is 8.52. The Morgan fingerprint density at radius 3 is 2.89 bits per heavy atom. The lowest BCUT2D eigenvalue weighted by molar-refractivity contribution is -0.141. The number of nitrogens with zero attached hydrogens (tertiary/aromatic N) is 3. The predicted octanol–water partition coefficient (Wildman–Crippen LogP) is -0.422. The molecular formula is C10H16N4O3S. The monoisotopic (exact) mass is 272 g/mol. The predicted molar refractivity (Wildman–Crippen MR) is 68.8 cm³/mol. The SMILES string of the molecule is CC(=O)C(CSCCN=C(N)N(C)C#N)OC=O. The molecule has 0 amide bonds. The summed E-state index contributed by atoms with van der Waals surface area (Å²) in [5.74, 6) is 0.955. The van der Waals surface area contributed by atoms with E-state index in [-0.39, 0.29) is 18.2 Å². The van der Waals surface area contributed by atoms with Crippen LogP contribution in [0.2, 0.25) is 0 Å². The van der Waals surface area contributed by atoms with Gasteiger partial charge in [-0.15, -0.1) is 0 Å². The molecule has 18 heavy (non-hydrogen) atoms. The minimum absolute atomic E-state index is 0.144. The minimum atomic E-state index is -0.712. The summed E-state index contributed by atoms with van der Waals surface area (Å²) in [6.45, 7) is 2.06. The molecule has 1 unspecified atom stereocenters. The molecule has 0 spiro atoms. The molecule has 0 aliphatic heterocycles. The van der Waals surface area contributed by atoms with Crippen molar-refractivity contribution >= 4 is 30.0 Å². The van der Waals surface area contributed by atoms with Crippen LogP contribution >= 0.6 is 11.8 Å². The zero-order valence-electron chi connectivity index (χ0n) is 10.3. The van der Waals surface area contributed by atoms with Gasteiger partial charge in [0.15, 0.2) is 18.1 Å². The number of ketones is 1. The number of nitriles is 1. The number of aliphatic imine (C=N–C) groups is 1. The van der Waals surface area contributed by atoms with Gasteiger partial charge in [-0.3, -0.25) is 19.5 Å². The largest absolute Gasteiger partial charge is 0.456 e.